The molecule has 0 aliphatic rings. The Morgan fingerprint density at radius 3 is 2.31 bits per heavy atom. The Morgan fingerprint density at radius 1 is 1.19 bits per heavy atom. The molecule has 0 heterocycles. The molecule has 0 atom stereocenters. The van der Waals surface area contributed by atoms with Crippen LogP contribution in [0.4, 0.5) is 0 Å². The van der Waals surface area contributed by atoms with E-state index < -0.39 is 0 Å². The number of hydrogen-bond acceptors (Lipinski definition) is 1. The number of allylic oxidation sites excluding steroid dienone is 2. The monoisotopic (exact) mass is 216 g/mol. The van der Waals surface area contributed by atoms with Gasteiger partial charge in [0.15, 0.2) is 5.78 Å². The molecule has 0 radical (unpaired) electrons. The summed E-state index contributed by atoms with van der Waals surface area (Å²) in [6.45, 7) is 10.3. The lowest BCUT2D eigenvalue weighted by Crippen LogP contribution is -2.11. The van der Waals surface area contributed by atoms with E-state index in [1.54, 1.807) is 6.08 Å². The number of carbonyl (C=O) groups excluding carboxylic acids is 1. The molecule has 0 unspecified atom stereocenters. The van der Waals surface area contributed by atoms with E-state index in [4.69, 9.17) is 0 Å². The fourth-order valence-electron chi connectivity index (χ4n) is 1.48. The zero-order valence-corrected chi connectivity index (χ0v) is 10.8. The number of rotatable bonds is 2. The second-order valence-corrected chi connectivity index (χ2v) is 5.42. The maximum atomic E-state index is 11.9. The predicted molar refractivity (Wildman–Crippen MR) is 68.9 cm³/mol. The minimum atomic E-state index is 0.0846. The van der Waals surface area contributed by atoms with Crippen LogP contribution in [-0.2, 0) is 5.41 Å². The summed E-state index contributed by atoms with van der Waals surface area (Å²) in [6, 6.07) is 7.88. The van der Waals surface area contributed by atoms with Crippen LogP contribution in [0, 0.1) is 0 Å². The number of benzene rings is 1. The molecule has 1 aromatic rings. The highest BCUT2D eigenvalue weighted by atomic mass is 16.1. The molecular formula is C15H20O. The third-order valence-electron chi connectivity index (χ3n) is 2.43. The normalized spacial score (nSPS) is 11.1. The van der Waals surface area contributed by atoms with Gasteiger partial charge in [0, 0.05) is 5.56 Å². The number of carbonyl (C=O) groups is 1. The van der Waals surface area contributed by atoms with Crippen LogP contribution in [0.5, 0.6) is 0 Å². The van der Waals surface area contributed by atoms with E-state index in [1.165, 1.54) is 5.56 Å². The van der Waals surface area contributed by atoms with Crippen LogP contribution in [-0.4, -0.2) is 5.78 Å². The third kappa shape index (κ3) is 3.34. The van der Waals surface area contributed by atoms with Crippen molar-refractivity contribution in [2.75, 3.05) is 0 Å². The van der Waals surface area contributed by atoms with Crippen LogP contribution in [0.15, 0.2) is 35.9 Å². The first-order chi connectivity index (χ1) is 7.30. The van der Waals surface area contributed by atoms with E-state index in [-0.39, 0.29) is 11.2 Å². The van der Waals surface area contributed by atoms with Gasteiger partial charge in [0.1, 0.15) is 0 Å². The topological polar surface area (TPSA) is 17.1 Å². The largest absolute Gasteiger partial charge is 0.289 e. The summed E-state index contributed by atoms with van der Waals surface area (Å²) in [7, 11) is 0. The van der Waals surface area contributed by atoms with Crippen LogP contribution >= 0.6 is 0 Å². The molecular weight excluding hydrogens is 196 g/mol. The van der Waals surface area contributed by atoms with Crippen molar-refractivity contribution in [3.05, 3.63) is 47.0 Å². The first-order valence-corrected chi connectivity index (χ1v) is 5.60. The minimum absolute atomic E-state index is 0.0846. The zero-order chi connectivity index (χ0) is 12.3. The second-order valence-electron chi connectivity index (χ2n) is 5.42. The summed E-state index contributed by atoms with van der Waals surface area (Å²) >= 11 is 0. The molecule has 1 aromatic carbocycles. The standard InChI is InChI=1S/C15H20O/c1-11(2)9-14(16)12-7-6-8-13(10-12)15(3,4)5/h6-10H,1-5H3. The summed E-state index contributed by atoms with van der Waals surface area (Å²) in [5, 5.41) is 0. The lowest BCUT2D eigenvalue weighted by molar-refractivity contribution is 0.104. The van der Waals surface area contributed by atoms with Crippen molar-refractivity contribution in [2.45, 2.75) is 40.0 Å². The highest BCUT2D eigenvalue weighted by molar-refractivity contribution is 6.04. The van der Waals surface area contributed by atoms with Crippen molar-refractivity contribution >= 4 is 5.78 Å². The molecule has 0 aliphatic heterocycles. The number of ketones is 1. The van der Waals surface area contributed by atoms with Crippen molar-refractivity contribution in [3.8, 4) is 0 Å². The maximum Gasteiger partial charge on any atom is 0.185 e. The quantitative estimate of drug-likeness (QED) is 0.536. The van der Waals surface area contributed by atoms with Gasteiger partial charge in [-0.3, -0.25) is 4.79 Å². The Kier molecular flexibility index (Phi) is 3.69. The van der Waals surface area contributed by atoms with E-state index >= 15 is 0 Å². The minimum Gasteiger partial charge on any atom is -0.289 e. The smallest absolute Gasteiger partial charge is 0.185 e. The van der Waals surface area contributed by atoms with Crippen LogP contribution in [0.2, 0.25) is 0 Å². The van der Waals surface area contributed by atoms with Gasteiger partial charge in [-0.05, 0) is 37.0 Å². The van der Waals surface area contributed by atoms with Gasteiger partial charge < -0.3 is 0 Å². The van der Waals surface area contributed by atoms with Gasteiger partial charge in [0.05, 0.1) is 0 Å². The molecule has 86 valence electrons. The molecule has 0 bridgehead atoms. The van der Waals surface area contributed by atoms with E-state index in [2.05, 4.69) is 26.8 Å². The van der Waals surface area contributed by atoms with Crippen molar-refractivity contribution in [1.82, 2.24) is 0 Å². The molecule has 1 rings (SSSR count). The van der Waals surface area contributed by atoms with Crippen LogP contribution in [0.25, 0.3) is 0 Å². The molecule has 0 fully saturated rings. The van der Waals surface area contributed by atoms with Gasteiger partial charge >= 0.3 is 0 Å². The summed E-state index contributed by atoms with van der Waals surface area (Å²) in [6.07, 6.45) is 1.68. The van der Waals surface area contributed by atoms with E-state index in [9.17, 15) is 4.79 Å². The molecule has 0 spiro atoms. The number of hydrogen-bond donors (Lipinski definition) is 0. The first-order valence-electron chi connectivity index (χ1n) is 5.60. The van der Waals surface area contributed by atoms with Crippen molar-refractivity contribution in [2.24, 2.45) is 0 Å². The van der Waals surface area contributed by atoms with E-state index in [0.29, 0.717) is 0 Å². The van der Waals surface area contributed by atoms with E-state index in [0.717, 1.165) is 11.1 Å². The SMILES string of the molecule is CC(C)=CC(=O)c1cccc(C(C)(C)C)c1. The van der Waals surface area contributed by atoms with Gasteiger partial charge in [0.2, 0.25) is 0 Å². The van der Waals surface area contributed by atoms with Crippen LogP contribution < -0.4 is 0 Å². The Balaban J connectivity index is 3.09. The average molecular weight is 216 g/mol. The molecule has 0 saturated heterocycles. The summed E-state index contributed by atoms with van der Waals surface area (Å²) in [5.41, 5.74) is 3.08. The summed E-state index contributed by atoms with van der Waals surface area (Å²) < 4.78 is 0. The van der Waals surface area contributed by atoms with Crippen molar-refractivity contribution in [1.29, 1.82) is 0 Å². The lowest BCUT2D eigenvalue weighted by Gasteiger charge is -2.19. The Bertz CT molecular complexity index is 415. The maximum absolute atomic E-state index is 11.9. The molecule has 0 aliphatic carbocycles. The summed E-state index contributed by atoms with van der Waals surface area (Å²) in [4.78, 5) is 11.9. The van der Waals surface area contributed by atoms with Crippen molar-refractivity contribution < 1.29 is 4.79 Å². The van der Waals surface area contributed by atoms with E-state index in [1.807, 2.05) is 32.0 Å². The van der Waals surface area contributed by atoms with Gasteiger partial charge in [0.25, 0.3) is 0 Å². The zero-order valence-electron chi connectivity index (χ0n) is 10.8. The van der Waals surface area contributed by atoms with Crippen LogP contribution in [0.3, 0.4) is 0 Å². The van der Waals surface area contributed by atoms with Crippen molar-refractivity contribution in [3.63, 3.8) is 0 Å². The molecule has 0 N–H and O–H groups in total. The Labute approximate surface area is 98.2 Å². The third-order valence-corrected chi connectivity index (χ3v) is 2.43. The lowest BCUT2D eigenvalue weighted by atomic mass is 9.86. The molecule has 16 heavy (non-hydrogen) atoms. The second kappa shape index (κ2) is 4.65. The fourth-order valence-corrected chi connectivity index (χ4v) is 1.48. The average Bonchev–Trinajstić information content (AvgIpc) is 2.15. The van der Waals surface area contributed by atoms with Crippen LogP contribution in [0.1, 0.15) is 50.5 Å². The van der Waals surface area contributed by atoms with Gasteiger partial charge in [-0.15, -0.1) is 0 Å². The molecule has 0 amide bonds. The van der Waals surface area contributed by atoms with Gasteiger partial charge in [-0.1, -0.05) is 44.5 Å². The fraction of sp³-hybridized carbons (Fsp3) is 0.400. The first kappa shape index (κ1) is 12.7. The molecule has 0 saturated carbocycles. The highest BCUT2D eigenvalue weighted by Gasteiger charge is 2.14. The summed E-state index contributed by atoms with van der Waals surface area (Å²) in [5.74, 6) is 0.0890. The molecule has 0 aromatic heterocycles. The van der Waals surface area contributed by atoms with Gasteiger partial charge in [-0.25, -0.2) is 0 Å². The molecule has 1 heteroatoms. The predicted octanol–water partition coefficient (Wildman–Crippen LogP) is 4.13. The highest BCUT2D eigenvalue weighted by Crippen LogP contribution is 2.23. The Morgan fingerprint density at radius 2 is 1.81 bits per heavy atom. The van der Waals surface area contributed by atoms with Gasteiger partial charge in [-0.2, -0.15) is 0 Å². The molecule has 1 nitrogen and oxygen atoms in total. The Hall–Kier alpha value is -1.37.